The fourth-order valence-corrected chi connectivity index (χ4v) is 5.22. The Hall–Kier alpha value is -2.75. The van der Waals surface area contributed by atoms with Crippen molar-refractivity contribution in [1.29, 1.82) is 0 Å². The van der Waals surface area contributed by atoms with Crippen molar-refractivity contribution in [2.75, 3.05) is 13.1 Å². The molecule has 0 amide bonds. The number of hydrogen-bond acceptors (Lipinski definition) is 7. The number of esters is 1. The number of rotatable bonds is 6. The number of ether oxygens (including phenoxy) is 1. The number of carbonyl (C=O) groups excluding carboxylic acids is 1. The maximum atomic E-state index is 12.8. The summed E-state index contributed by atoms with van der Waals surface area (Å²) in [7, 11) is -3.63. The predicted octanol–water partition coefficient (Wildman–Crippen LogP) is 4.40. The van der Waals surface area contributed by atoms with Gasteiger partial charge >= 0.3 is 5.97 Å². The van der Waals surface area contributed by atoms with Crippen LogP contribution < -0.4 is 0 Å². The van der Waals surface area contributed by atoms with Gasteiger partial charge in [0, 0.05) is 23.7 Å². The minimum atomic E-state index is -3.63. The van der Waals surface area contributed by atoms with E-state index < -0.39 is 28.0 Å². The first-order valence-corrected chi connectivity index (χ1v) is 12.4. The van der Waals surface area contributed by atoms with Crippen molar-refractivity contribution in [1.82, 2.24) is 14.5 Å². The van der Waals surface area contributed by atoms with Gasteiger partial charge in [0.1, 0.15) is 0 Å². The topological polar surface area (TPSA) is 103 Å². The summed E-state index contributed by atoms with van der Waals surface area (Å²) in [5, 5.41) is 8.51. The molecule has 0 spiro atoms. The monoisotopic (exact) mass is 489 g/mol. The standard InChI is InChI=1S/C23H24ClN3O5S/c1-15-3-5-17(6-4-15)22-26-25-21(32-22)16(2)31-23(28)18-11-13-27(14-12-18)33(29,30)20-9-7-19(24)8-10-20/h3-10,16,18H,11-14H2,1-2H3. The van der Waals surface area contributed by atoms with E-state index in [4.69, 9.17) is 20.8 Å². The Morgan fingerprint density at radius 2 is 1.73 bits per heavy atom. The van der Waals surface area contributed by atoms with Crippen molar-refractivity contribution in [3.05, 3.63) is 65.0 Å². The first-order chi connectivity index (χ1) is 15.7. The molecule has 2 heterocycles. The molecule has 1 atom stereocenters. The Balaban J connectivity index is 1.33. The zero-order valence-electron chi connectivity index (χ0n) is 18.3. The highest BCUT2D eigenvalue weighted by Gasteiger charge is 2.34. The summed E-state index contributed by atoms with van der Waals surface area (Å²) in [5.74, 6) is -0.236. The van der Waals surface area contributed by atoms with Crippen LogP contribution in [0.25, 0.3) is 11.5 Å². The van der Waals surface area contributed by atoms with Crippen LogP contribution in [0.4, 0.5) is 0 Å². The normalized spacial score (nSPS) is 16.5. The molecular formula is C23H24ClN3O5S. The highest BCUT2D eigenvalue weighted by molar-refractivity contribution is 7.89. The Morgan fingerprint density at radius 1 is 1.09 bits per heavy atom. The largest absolute Gasteiger partial charge is 0.452 e. The van der Waals surface area contributed by atoms with Gasteiger partial charge in [0.2, 0.25) is 15.9 Å². The molecule has 33 heavy (non-hydrogen) atoms. The van der Waals surface area contributed by atoms with Gasteiger partial charge in [-0.2, -0.15) is 4.31 Å². The molecule has 1 unspecified atom stereocenters. The summed E-state index contributed by atoms with van der Waals surface area (Å²) in [6.45, 7) is 4.13. The number of piperidine rings is 1. The Labute approximate surface area is 197 Å². The fraction of sp³-hybridized carbons (Fsp3) is 0.348. The second-order valence-electron chi connectivity index (χ2n) is 8.02. The Kier molecular flexibility index (Phi) is 6.83. The van der Waals surface area contributed by atoms with Crippen LogP contribution in [0.1, 0.15) is 37.3 Å². The lowest BCUT2D eigenvalue weighted by molar-refractivity contribution is -0.156. The van der Waals surface area contributed by atoms with E-state index in [-0.39, 0.29) is 23.9 Å². The smallest absolute Gasteiger partial charge is 0.309 e. The van der Waals surface area contributed by atoms with Gasteiger partial charge in [-0.1, -0.05) is 29.3 Å². The molecule has 1 aliphatic rings. The number of carbonyl (C=O) groups is 1. The third kappa shape index (κ3) is 5.26. The minimum Gasteiger partial charge on any atom is -0.452 e. The van der Waals surface area contributed by atoms with E-state index in [1.807, 2.05) is 31.2 Å². The summed E-state index contributed by atoms with van der Waals surface area (Å²) in [6.07, 6.45) is 0.0354. The van der Waals surface area contributed by atoms with E-state index in [0.717, 1.165) is 11.1 Å². The minimum absolute atomic E-state index is 0.183. The van der Waals surface area contributed by atoms with Gasteiger partial charge in [-0.15, -0.1) is 10.2 Å². The van der Waals surface area contributed by atoms with Crippen molar-refractivity contribution in [2.24, 2.45) is 5.92 Å². The summed E-state index contributed by atoms with van der Waals surface area (Å²) >= 11 is 5.85. The number of benzene rings is 2. The molecule has 4 rings (SSSR count). The van der Waals surface area contributed by atoms with E-state index in [1.165, 1.54) is 16.4 Å². The third-order valence-electron chi connectivity index (χ3n) is 5.62. The molecule has 3 aromatic rings. The van der Waals surface area contributed by atoms with Crippen LogP contribution in [-0.4, -0.2) is 42.0 Å². The maximum absolute atomic E-state index is 12.8. The first-order valence-electron chi connectivity index (χ1n) is 10.6. The predicted molar refractivity (Wildman–Crippen MR) is 122 cm³/mol. The molecule has 0 saturated carbocycles. The van der Waals surface area contributed by atoms with Gasteiger partial charge in [0.15, 0.2) is 6.10 Å². The van der Waals surface area contributed by atoms with Gasteiger partial charge in [-0.3, -0.25) is 4.79 Å². The maximum Gasteiger partial charge on any atom is 0.309 e. The lowest BCUT2D eigenvalue weighted by Crippen LogP contribution is -2.40. The van der Waals surface area contributed by atoms with Gasteiger partial charge in [-0.25, -0.2) is 8.42 Å². The molecule has 1 saturated heterocycles. The second-order valence-corrected chi connectivity index (χ2v) is 10.4. The van der Waals surface area contributed by atoms with Gasteiger partial charge in [0.05, 0.1) is 10.8 Å². The Morgan fingerprint density at radius 3 is 2.36 bits per heavy atom. The van der Waals surface area contributed by atoms with E-state index in [9.17, 15) is 13.2 Å². The quantitative estimate of drug-likeness (QED) is 0.472. The second kappa shape index (κ2) is 9.62. The van der Waals surface area contributed by atoms with Crippen LogP contribution in [0.5, 0.6) is 0 Å². The van der Waals surface area contributed by atoms with E-state index in [1.54, 1.807) is 19.1 Å². The van der Waals surface area contributed by atoms with Gasteiger partial charge in [-0.05, 0) is 63.1 Å². The van der Waals surface area contributed by atoms with Gasteiger partial charge < -0.3 is 9.15 Å². The average molecular weight is 490 g/mol. The number of hydrogen-bond donors (Lipinski definition) is 0. The van der Waals surface area contributed by atoms with E-state index >= 15 is 0 Å². The average Bonchev–Trinajstić information content (AvgIpc) is 3.30. The number of halogens is 1. The molecule has 0 aliphatic carbocycles. The van der Waals surface area contributed by atoms with Gasteiger partial charge in [0.25, 0.3) is 5.89 Å². The molecule has 0 N–H and O–H groups in total. The molecule has 8 nitrogen and oxygen atoms in total. The van der Waals surface area contributed by atoms with Crippen LogP contribution in [0.2, 0.25) is 5.02 Å². The molecule has 1 fully saturated rings. The van der Waals surface area contributed by atoms with Crippen molar-refractivity contribution in [3.8, 4) is 11.5 Å². The first kappa shape index (κ1) is 23.4. The molecule has 1 aromatic heterocycles. The summed E-state index contributed by atoms with van der Waals surface area (Å²) < 4.78 is 38.2. The number of nitrogens with zero attached hydrogens (tertiary/aromatic N) is 3. The molecule has 10 heteroatoms. The Bertz CT molecular complexity index is 1220. The van der Waals surface area contributed by atoms with E-state index in [0.29, 0.717) is 23.8 Å². The molecule has 0 bridgehead atoms. The van der Waals surface area contributed by atoms with Crippen LogP contribution >= 0.6 is 11.6 Å². The lowest BCUT2D eigenvalue weighted by Gasteiger charge is -2.30. The van der Waals surface area contributed by atoms with Crippen molar-refractivity contribution < 1.29 is 22.4 Å². The zero-order chi connectivity index (χ0) is 23.6. The van der Waals surface area contributed by atoms with Crippen molar-refractivity contribution in [3.63, 3.8) is 0 Å². The summed E-state index contributed by atoms with van der Waals surface area (Å²) in [4.78, 5) is 12.8. The third-order valence-corrected chi connectivity index (χ3v) is 7.78. The number of aryl methyl sites for hydroxylation is 1. The van der Waals surface area contributed by atoms with Crippen LogP contribution in [0.15, 0.2) is 57.8 Å². The molecule has 174 valence electrons. The van der Waals surface area contributed by atoms with Crippen LogP contribution in [0, 0.1) is 12.8 Å². The van der Waals surface area contributed by atoms with E-state index in [2.05, 4.69) is 10.2 Å². The molecule has 2 aromatic carbocycles. The fourth-order valence-electron chi connectivity index (χ4n) is 3.62. The highest BCUT2D eigenvalue weighted by Crippen LogP contribution is 2.28. The SMILES string of the molecule is Cc1ccc(-c2nnc(C(C)OC(=O)C3CCN(S(=O)(=O)c4ccc(Cl)cc4)CC3)o2)cc1. The summed E-state index contributed by atoms with van der Waals surface area (Å²) in [5.41, 5.74) is 1.90. The van der Waals surface area contributed by atoms with Crippen LogP contribution in [-0.2, 0) is 19.6 Å². The summed E-state index contributed by atoms with van der Waals surface area (Å²) in [6, 6.07) is 13.7. The molecule has 0 radical (unpaired) electrons. The number of aromatic nitrogens is 2. The lowest BCUT2D eigenvalue weighted by atomic mass is 9.98. The zero-order valence-corrected chi connectivity index (χ0v) is 19.8. The number of sulfonamides is 1. The highest BCUT2D eigenvalue weighted by atomic mass is 35.5. The molecular weight excluding hydrogens is 466 g/mol. The van der Waals surface area contributed by atoms with Crippen molar-refractivity contribution in [2.45, 2.75) is 37.7 Å². The van der Waals surface area contributed by atoms with Crippen LogP contribution in [0.3, 0.4) is 0 Å². The van der Waals surface area contributed by atoms with Crippen molar-refractivity contribution >= 4 is 27.6 Å². The molecule has 1 aliphatic heterocycles.